The molecule has 2 rings (SSSR count). The van der Waals surface area contributed by atoms with Crippen LogP contribution in [0.25, 0.3) is 0 Å². The summed E-state index contributed by atoms with van der Waals surface area (Å²) in [6, 6.07) is 4.89. The summed E-state index contributed by atoms with van der Waals surface area (Å²) in [6.07, 6.45) is 1.47. The van der Waals surface area contributed by atoms with E-state index in [1.165, 1.54) is 7.11 Å². The molecule has 1 fully saturated rings. The predicted octanol–water partition coefficient (Wildman–Crippen LogP) is 2.56. The molecule has 0 saturated carbocycles. The molecule has 0 N–H and O–H groups in total. The number of hydrogen-bond donors (Lipinski definition) is 0. The summed E-state index contributed by atoms with van der Waals surface area (Å²) < 4.78 is 10.7. The number of methoxy groups -OCH3 is 1. The third-order valence-corrected chi connectivity index (χ3v) is 3.83. The van der Waals surface area contributed by atoms with E-state index in [9.17, 15) is 9.59 Å². The molecular formula is C17H23NO4. The number of aryl methyl sites for hydroxylation is 1. The maximum absolute atomic E-state index is 12.4. The summed E-state index contributed by atoms with van der Waals surface area (Å²) in [4.78, 5) is 26.2. The van der Waals surface area contributed by atoms with Crippen molar-refractivity contribution in [2.45, 2.75) is 39.7 Å². The molecule has 1 aromatic carbocycles. The van der Waals surface area contributed by atoms with Crippen LogP contribution in [-0.2, 0) is 9.59 Å². The molecule has 5 heteroatoms. The second kappa shape index (κ2) is 6.81. The van der Waals surface area contributed by atoms with Crippen molar-refractivity contribution in [3.05, 3.63) is 23.8 Å². The fourth-order valence-corrected chi connectivity index (χ4v) is 2.64. The van der Waals surface area contributed by atoms with Crippen LogP contribution in [0.1, 0.15) is 32.3 Å². The average molecular weight is 305 g/mol. The summed E-state index contributed by atoms with van der Waals surface area (Å²) in [6.45, 7) is 6.23. The lowest BCUT2D eigenvalue weighted by molar-refractivity contribution is -0.147. The van der Waals surface area contributed by atoms with E-state index >= 15 is 0 Å². The van der Waals surface area contributed by atoms with Gasteiger partial charge in [0, 0.05) is 12.5 Å². The van der Waals surface area contributed by atoms with Crippen LogP contribution in [0.2, 0.25) is 0 Å². The standard InChI is InChI=1S/C17H23NO4/c1-11(2)16(19)18-9-5-6-13(18)17(20)22-14-8-7-12(3)10-15(14)21-4/h7-8,10-11,13H,5-6,9H2,1-4H3/t13-/m1/s1. The van der Waals surface area contributed by atoms with Gasteiger partial charge in [0.2, 0.25) is 5.91 Å². The summed E-state index contributed by atoms with van der Waals surface area (Å²) in [5.74, 6) is 0.390. The predicted molar refractivity (Wildman–Crippen MR) is 82.9 cm³/mol. The molecule has 0 spiro atoms. The SMILES string of the molecule is COc1cc(C)ccc1OC(=O)[C@H]1CCCN1C(=O)C(C)C. The Labute approximate surface area is 131 Å². The van der Waals surface area contributed by atoms with Crippen molar-refractivity contribution in [1.29, 1.82) is 0 Å². The van der Waals surface area contributed by atoms with Gasteiger partial charge < -0.3 is 14.4 Å². The van der Waals surface area contributed by atoms with Crippen molar-refractivity contribution >= 4 is 11.9 Å². The van der Waals surface area contributed by atoms with Gasteiger partial charge in [0.15, 0.2) is 11.5 Å². The van der Waals surface area contributed by atoms with Gasteiger partial charge in [-0.2, -0.15) is 0 Å². The van der Waals surface area contributed by atoms with Gasteiger partial charge in [-0.1, -0.05) is 19.9 Å². The molecule has 120 valence electrons. The van der Waals surface area contributed by atoms with Crippen molar-refractivity contribution < 1.29 is 19.1 Å². The summed E-state index contributed by atoms with van der Waals surface area (Å²) in [5.41, 5.74) is 1.02. The minimum atomic E-state index is -0.499. The van der Waals surface area contributed by atoms with Gasteiger partial charge in [-0.3, -0.25) is 4.79 Å². The Morgan fingerprint density at radius 2 is 2.00 bits per heavy atom. The van der Waals surface area contributed by atoms with Gasteiger partial charge in [-0.25, -0.2) is 4.79 Å². The highest BCUT2D eigenvalue weighted by Gasteiger charge is 2.36. The van der Waals surface area contributed by atoms with E-state index < -0.39 is 12.0 Å². The van der Waals surface area contributed by atoms with Gasteiger partial charge in [-0.05, 0) is 37.5 Å². The number of nitrogens with zero attached hydrogens (tertiary/aromatic N) is 1. The smallest absolute Gasteiger partial charge is 0.334 e. The summed E-state index contributed by atoms with van der Waals surface area (Å²) in [5, 5.41) is 0. The van der Waals surface area contributed by atoms with Crippen LogP contribution in [0.5, 0.6) is 11.5 Å². The first-order valence-corrected chi connectivity index (χ1v) is 7.61. The largest absolute Gasteiger partial charge is 0.493 e. The second-order valence-corrected chi connectivity index (χ2v) is 5.92. The highest BCUT2D eigenvalue weighted by Crippen LogP contribution is 2.29. The molecule has 1 heterocycles. The zero-order valence-electron chi connectivity index (χ0n) is 13.6. The fourth-order valence-electron chi connectivity index (χ4n) is 2.64. The zero-order chi connectivity index (χ0) is 16.3. The highest BCUT2D eigenvalue weighted by molar-refractivity contribution is 5.87. The number of esters is 1. The number of rotatable bonds is 4. The topological polar surface area (TPSA) is 55.8 Å². The Morgan fingerprint density at radius 1 is 1.27 bits per heavy atom. The van der Waals surface area contributed by atoms with Crippen LogP contribution in [0.4, 0.5) is 0 Å². The molecule has 1 aliphatic rings. The number of likely N-dealkylation sites (tertiary alicyclic amines) is 1. The third kappa shape index (κ3) is 3.40. The van der Waals surface area contributed by atoms with E-state index in [0.717, 1.165) is 12.0 Å². The minimum Gasteiger partial charge on any atom is -0.493 e. The van der Waals surface area contributed by atoms with Crippen molar-refractivity contribution in [3.63, 3.8) is 0 Å². The molecular weight excluding hydrogens is 282 g/mol. The van der Waals surface area contributed by atoms with Crippen LogP contribution < -0.4 is 9.47 Å². The number of carbonyl (C=O) groups is 2. The fraction of sp³-hybridized carbons (Fsp3) is 0.529. The normalized spacial score (nSPS) is 17.7. The van der Waals surface area contributed by atoms with Gasteiger partial charge in [0.1, 0.15) is 6.04 Å². The number of amides is 1. The lowest BCUT2D eigenvalue weighted by Gasteiger charge is -2.25. The Bertz CT molecular complexity index is 568. The molecule has 0 bridgehead atoms. The molecule has 22 heavy (non-hydrogen) atoms. The monoisotopic (exact) mass is 305 g/mol. The molecule has 0 unspecified atom stereocenters. The maximum Gasteiger partial charge on any atom is 0.334 e. The lowest BCUT2D eigenvalue weighted by Crippen LogP contribution is -2.44. The van der Waals surface area contributed by atoms with Gasteiger partial charge >= 0.3 is 5.97 Å². The van der Waals surface area contributed by atoms with Crippen molar-refractivity contribution in [1.82, 2.24) is 4.90 Å². The van der Waals surface area contributed by atoms with Crippen LogP contribution >= 0.6 is 0 Å². The van der Waals surface area contributed by atoms with Gasteiger partial charge in [0.05, 0.1) is 7.11 Å². The molecule has 0 aliphatic carbocycles. The van der Waals surface area contributed by atoms with Crippen molar-refractivity contribution in [3.8, 4) is 11.5 Å². The van der Waals surface area contributed by atoms with Gasteiger partial charge in [-0.15, -0.1) is 0 Å². The van der Waals surface area contributed by atoms with E-state index in [4.69, 9.17) is 9.47 Å². The number of benzene rings is 1. The minimum absolute atomic E-state index is 0.00433. The Kier molecular flexibility index (Phi) is 5.06. The number of hydrogen-bond acceptors (Lipinski definition) is 4. The van der Waals surface area contributed by atoms with Crippen molar-refractivity contribution in [2.75, 3.05) is 13.7 Å². The first-order valence-electron chi connectivity index (χ1n) is 7.61. The van der Waals surface area contributed by atoms with E-state index in [0.29, 0.717) is 24.5 Å². The van der Waals surface area contributed by atoms with Crippen LogP contribution in [0, 0.1) is 12.8 Å². The Balaban J connectivity index is 2.13. The Morgan fingerprint density at radius 3 is 2.64 bits per heavy atom. The molecule has 1 aliphatic heterocycles. The zero-order valence-corrected chi connectivity index (χ0v) is 13.6. The molecule has 1 amide bonds. The summed E-state index contributed by atoms with van der Waals surface area (Å²) >= 11 is 0. The van der Waals surface area contributed by atoms with E-state index in [1.807, 2.05) is 32.9 Å². The van der Waals surface area contributed by atoms with E-state index in [1.54, 1.807) is 11.0 Å². The Hall–Kier alpha value is -2.04. The maximum atomic E-state index is 12.4. The van der Waals surface area contributed by atoms with E-state index in [-0.39, 0.29) is 11.8 Å². The number of carbonyl (C=O) groups excluding carboxylic acids is 2. The molecule has 1 saturated heterocycles. The van der Waals surface area contributed by atoms with E-state index in [2.05, 4.69) is 0 Å². The molecule has 0 aromatic heterocycles. The summed E-state index contributed by atoms with van der Waals surface area (Å²) in [7, 11) is 1.54. The first-order chi connectivity index (χ1) is 10.4. The third-order valence-electron chi connectivity index (χ3n) is 3.83. The highest BCUT2D eigenvalue weighted by atomic mass is 16.6. The molecule has 1 aromatic rings. The number of ether oxygens (including phenoxy) is 2. The second-order valence-electron chi connectivity index (χ2n) is 5.92. The lowest BCUT2D eigenvalue weighted by atomic mass is 10.1. The molecule has 1 atom stereocenters. The van der Waals surface area contributed by atoms with Gasteiger partial charge in [0.25, 0.3) is 0 Å². The van der Waals surface area contributed by atoms with Crippen LogP contribution in [0.15, 0.2) is 18.2 Å². The quantitative estimate of drug-likeness (QED) is 0.633. The molecule has 5 nitrogen and oxygen atoms in total. The first kappa shape index (κ1) is 16.3. The van der Waals surface area contributed by atoms with Crippen LogP contribution in [0.3, 0.4) is 0 Å². The van der Waals surface area contributed by atoms with Crippen LogP contribution in [-0.4, -0.2) is 36.5 Å². The van der Waals surface area contributed by atoms with Crippen molar-refractivity contribution in [2.24, 2.45) is 5.92 Å². The average Bonchev–Trinajstić information content (AvgIpc) is 2.97. The molecule has 0 radical (unpaired) electrons.